The standard InChI is InChI=1S/C22H30BrN7O/c23-19-16-25-21(28-20(19)24-9-6-12-29-10-1-2-11-29)26-17-7-5-8-18(15-17)27-22(31)30-13-3-4-14-30/h5,7-8,15-16H,1-4,6,9-14H2,(H,27,31)(H2,24,25,26,28). The predicted octanol–water partition coefficient (Wildman–Crippen LogP) is 4.51. The van der Waals surface area contributed by atoms with Crippen molar-refractivity contribution in [2.24, 2.45) is 0 Å². The fourth-order valence-electron chi connectivity index (χ4n) is 3.99. The van der Waals surface area contributed by atoms with E-state index in [0.29, 0.717) is 5.95 Å². The molecule has 2 aromatic rings. The van der Waals surface area contributed by atoms with Gasteiger partial charge in [0.1, 0.15) is 5.82 Å². The van der Waals surface area contributed by atoms with Gasteiger partial charge in [-0.1, -0.05) is 6.07 Å². The number of anilines is 4. The van der Waals surface area contributed by atoms with Crippen LogP contribution in [0.2, 0.25) is 0 Å². The number of carbonyl (C=O) groups is 1. The molecule has 166 valence electrons. The molecule has 0 spiro atoms. The van der Waals surface area contributed by atoms with Crippen LogP contribution in [0.5, 0.6) is 0 Å². The molecule has 1 aromatic heterocycles. The van der Waals surface area contributed by atoms with Gasteiger partial charge in [0.15, 0.2) is 0 Å². The highest BCUT2D eigenvalue weighted by molar-refractivity contribution is 9.10. The second-order valence-corrected chi connectivity index (χ2v) is 8.90. The van der Waals surface area contributed by atoms with E-state index in [4.69, 9.17) is 0 Å². The Balaban J connectivity index is 1.32. The van der Waals surface area contributed by atoms with Crippen LogP contribution in [0.15, 0.2) is 34.9 Å². The molecular weight excluding hydrogens is 458 g/mol. The van der Waals surface area contributed by atoms with E-state index in [1.54, 1.807) is 6.20 Å². The summed E-state index contributed by atoms with van der Waals surface area (Å²) in [6.07, 6.45) is 7.62. The lowest BCUT2D eigenvalue weighted by molar-refractivity contribution is 0.222. The van der Waals surface area contributed by atoms with Crippen molar-refractivity contribution in [2.45, 2.75) is 32.1 Å². The maximum absolute atomic E-state index is 12.3. The molecule has 0 unspecified atom stereocenters. The fourth-order valence-corrected chi connectivity index (χ4v) is 4.32. The summed E-state index contributed by atoms with van der Waals surface area (Å²) < 4.78 is 0.839. The van der Waals surface area contributed by atoms with Gasteiger partial charge in [0, 0.05) is 37.2 Å². The SMILES string of the molecule is O=C(Nc1cccc(Nc2ncc(Br)c(NCCCN3CCCC3)n2)c1)N1CCCC1. The zero-order valence-corrected chi connectivity index (χ0v) is 19.3. The number of likely N-dealkylation sites (tertiary alicyclic amines) is 2. The van der Waals surface area contributed by atoms with Crippen molar-refractivity contribution in [3.8, 4) is 0 Å². The predicted molar refractivity (Wildman–Crippen MR) is 128 cm³/mol. The Bertz CT molecular complexity index is 882. The Morgan fingerprint density at radius 2 is 1.81 bits per heavy atom. The van der Waals surface area contributed by atoms with Gasteiger partial charge < -0.3 is 25.8 Å². The van der Waals surface area contributed by atoms with E-state index in [1.165, 1.54) is 25.9 Å². The van der Waals surface area contributed by atoms with Crippen molar-refractivity contribution in [3.05, 3.63) is 34.9 Å². The van der Waals surface area contributed by atoms with Gasteiger partial charge in [0.25, 0.3) is 0 Å². The molecule has 31 heavy (non-hydrogen) atoms. The molecule has 0 aliphatic carbocycles. The van der Waals surface area contributed by atoms with E-state index in [2.05, 4.69) is 46.7 Å². The first-order valence-corrected chi connectivity index (χ1v) is 11.9. The third kappa shape index (κ3) is 6.30. The van der Waals surface area contributed by atoms with Crippen LogP contribution in [0, 0.1) is 0 Å². The molecule has 2 saturated heterocycles. The fraction of sp³-hybridized carbons (Fsp3) is 0.500. The number of benzene rings is 1. The third-order valence-electron chi connectivity index (χ3n) is 5.65. The minimum Gasteiger partial charge on any atom is -0.369 e. The van der Waals surface area contributed by atoms with Crippen molar-refractivity contribution in [2.75, 3.05) is 55.2 Å². The van der Waals surface area contributed by atoms with E-state index in [1.807, 2.05) is 29.2 Å². The van der Waals surface area contributed by atoms with Crippen molar-refractivity contribution in [1.29, 1.82) is 0 Å². The number of nitrogens with zero attached hydrogens (tertiary/aromatic N) is 4. The highest BCUT2D eigenvalue weighted by Crippen LogP contribution is 2.23. The van der Waals surface area contributed by atoms with Crippen molar-refractivity contribution < 1.29 is 4.79 Å². The van der Waals surface area contributed by atoms with Crippen molar-refractivity contribution >= 4 is 45.1 Å². The van der Waals surface area contributed by atoms with E-state index >= 15 is 0 Å². The Morgan fingerprint density at radius 3 is 2.61 bits per heavy atom. The van der Waals surface area contributed by atoms with Crippen LogP contribution >= 0.6 is 15.9 Å². The molecule has 2 amide bonds. The normalized spacial score (nSPS) is 16.5. The second-order valence-electron chi connectivity index (χ2n) is 8.05. The lowest BCUT2D eigenvalue weighted by Gasteiger charge is -2.17. The molecule has 0 bridgehead atoms. The highest BCUT2D eigenvalue weighted by Gasteiger charge is 2.17. The first-order chi connectivity index (χ1) is 15.2. The van der Waals surface area contributed by atoms with Gasteiger partial charge in [-0.25, -0.2) is 9.78 Å². The number of hydrogen-bond donors (Lipinski definition) is 3. The Morgan fingerprint density at radius 1 is 1.06 bits per heavy atom. The molecule has 1 aromatic carbocycles. The summed E-state index contributed by atoms with van der Waals surface area (Å²) in [6, 6.07) is 7.56. The minimum atomic E-state index is -0.0463. The number of carbonyl (C=O) groups excluding carboxylic acids is 1. The molecule has 2 aliphatic rings. The van der Waals surface area contributed by atoms with Crippen LogP contribution in [-0.4, -0.2) is 65.1 Å². The van der Waals surface area contributed by atoms with Crippen molar-refractivity contribution in [1.82, 2.24) is 19.8 Å². The van der Waals surface area contributed by atoms with Gasteiger partial charge >= 0.3 is 6.03 Å². The maximum Gasteiger partial charge on any atom is 0.321 e. The summed E-state index contributed by atoms with van der Waals surface area (Å²) in [4.78, 5) is 25.7. The summed E-state index contributed by atoms with van der Waals surface area (Å²) in [5, 5.41) is 9.61. The summed E-state index contributed by atoms with van der Waals surface area (Å²) in [7, 11) is 0. The second kappa shape index (κ2) is 10.8. The largest absolute Gasteiger partial charge is 0.369 e. The number of aromatic nitrogens is 2. The van der Waals surface area contributed by atoms with Crippen LogP contribution in [0.4, 0.5) is 27.9 Å². The third-order valence-corrected chi connectivity index (χ3v) is 6.23. The molecule has 0 radical (unpaired) electrons. The van der Waals surface area contributed by atoms with E-state index in [-0.39, 0.29) is 6.03 Å². The molecule has 3 N–H and O–H groups in total. The summed E-state index contributed by atoms with van der Waals surface area (Å²) in [5.74, 6) is 1.28. The highest BCUT2D eigenvalue weighted by atomic mass is 79.9. The molecule has 9 heteroatoms. The van der Waals surface area contributed by atoms with Crippen LogP contribution in [0.3, 0.4) is 0 Å². The first-order valence-electron chi connectivity index (χ1n) is 11.1. The zero-order chi connectivity index (χ0) is 21.5. The summed E-state index contributed by atoms with van der Waals surface area (Å²) in [5.41, 5.74) is 1.57. The summed E-state index contributed by atoms with van der Waals surface area (Å²) >= 11 is 3.53. The molecule has 2 fully saturated rings. The molecule has 4 rings (SSSR count). The smallest absolute Gasteiger partial charge is 0.321 e. The van der Waals surface area contributed by atoms with Gasteiger partial charge in [-0.3, -0.25) is 0 Å². The molecule has 0 saturated carbocycles. The monoisotopic (exact) mass is 487 g/mol. The van der Waals surface area contributed by atoms with Crippen molar-refractivity contribution in [3.63, 3.8) is 0 Å². The first kappa shape index (κ1) is 21.8. The van der Waals surface area contributed by atoms with Crippen LogP contribution in [-0.2, 0) is 0 Å². The maximum atomic E-state index is 12.3. The van der Waals surface area contributed by atoms with E-state index in [0.717, 1.165) is 67.1 Å². The molecule has 0 atom stereocenters. The Hall–Kier alpha value is -2.39. The van der Waals surface area contributed by atoms with Gasteiger partial charge in [-0.15, -0.1) is 0 Å². The van der Waals surface area contributed by atoms with Crippen LogP contribution < -0.4 is 16.0 Å². The average molecular weight is 488 g/mol. The Labute approximate surface area is 191 Å². The number of hydrogen-bond acceptors (Lipinski definition) is 6. The number of nitrogens with one attached hydrogen (secondary N) is 3. The molecular formula is C22H30BrN7O. The number of amides is 2. The lowest BCUT2D eigenvalue weighted by Crippen LogP contribution is -2.32. The average Bonchev–Trinajstić information content (AvgIpc) is 3.48. The van der Waals surface area contributed by atoms with Crippen LogP contribution in [0.25, 0.3) is 0 Å². The lowest BCUT2D eigenvalue weighted by atomic mass is 10.3. The van der Waals surface area contributed by atoms with Gasteiger partial charge in [0.05, 0.1) is 4.47 Å². The molecule has 8 nitrogen and oxygen atoms in total. The topological polar surface area (TPSA) is 85.4 Å². The number of urea groups is 1. The van der Waals surface area contributed by atoms with E-state index in [9.17, 15) is 4.79 Å². The quantitative estimate of drug-likeness (QED) is 0.475. The minimum absolute atomic E-state index is 0.0463. The zero-order valence-electron chi connectivity index (χ0n) is 17.7. The number of halogens is 1. The molecule has 2 aliphatic heterocycles. The van der Waals surface area contributed by atoms with Crippen LogP contribution in [0.1, 0.15) is 32.1 Å². The van der Waals surface area contributed by atoms with Gasteiger partial charge in [-0.05, 0) is 85.9 Å². The van der Waals surface area contributed by atoms with Gasteiger partial charge in [-0.2, -0.15) is 4.98 Å². The number of rotatable bonds is 8. The van der Waals surface area contributed by atoms with E-state index < -0.39 is 0 Å². The molecule has 3 heterocycles. The summed E-state index contributed by atoms with van der Waals surface area (Å²) in [6.45, 7) is 6.08. The Kier molecular flexibility index (Phi) is 7.58. The van der Waals surface area contributed by atoms with Gasteiger partial charge in [0.2, 0.25) is 5.95 Å².